The van der Waals surface area contributed by atoms with Crippen LogP contribution in [0.5, 0.6) is 11.5 Å². The first-order valence-corrected chi connectivity index (χ1v) is 7.49. The van der Waals surface area contributed by atoms with Gasteiger partial charge in [0.25, 0.3) is 0 Å². The summed E-state index contributed by atoms with van der Waals surface area (Å²) in [5.41, 5.74) is 0. The first kappa shape index (κ1) is 16.8. The van der Waals surface area contributed by atoms with Crippen LogP contribution in [0.4, 0.5) is 0 Å². The summed E-state index contributed by atoms with van der Waals surface area (Å²) in [5.74, 6) is 1.58. The van der Waals surface area contributed by atoms with Gasteiger partial charge in [-0.15, -0.1) is 0 Å². The van der Waals surface area contributed by atoms with Crippen LogP contribution < -0.4 is 9.47 Å². The molecule has 0 radical (unpaired) electrons. The van der Waals surface area contributed by atoms with Gasteiger partial charge in [-0.05, 0) is 32.0 Å². The molecule has 0 saturated heterocycles. The van der Waals surface area contributed by atoms with Crippen LogP contribution in [0, 0.1) is 0 Å². The third-order valence-electron chi connectivity index (χ3n) is 3.06. The maximum Gasteiger partial charge on any atom is 0.161 e. The highest BCUT2D eigenvalue weighted by molar-refractivity contribution is 5.39. The van der Waals surface area contributed by atoms with Crippen molar-refractivity contribution in [3.8, 4) is 11.5 Å². The van der Waals surface area contributed by atoms with Gasteiger partial charge in [0.15, 0.2) is 11.5 Å². The number of ether oxygens (including phenoxy) is 2. The SMILES string of the molecule is CCCCN(CCO)CCOc1ccccc1OCC. The number of hydrogen-bond donors (Lipinski definition) is 1. The van der Waals surface area contributed by atoms with Crippen molar-refractivity contribution in [2.45, 2.75) is 26.7 Å². The zero-order valence-corrected chi connectivity index (χ0v) is 12.7. The number of para-hydroxylation sites is 2. The average molecular weight is 281 g/mol. The first-order chi connectivity index (χ1) is 9.81. The van der Waals surface area contributed by atoms with E-state index in [1.807, 2.05) is 31.2 Å². The Balaban J connectivity index is 2.41. The van der Waals surface area contributed by atoms with Crippen LogP contribution in [0.25, 0.3) is 0 Å². The molecular weight excluding hydrogens is 254 g/mol. The number of hydrogen-bond acceptors (Lipinski definition) is 4. The molecule has 0 bridgehead atoms. The minimum absolute atomic E-state index is 0.194. The molecule has 1 N–H and O–H groups in total. The number of benzene rings is 1. The van der Waals surface area contributed by atoms with E-state index >= 15 is 0 Å². The smallest absolute Gasteiger partial charge is 0.161 e. The molecule has 20 heavy (non-hydrogen) atoms. The number of aliphatic hydroxyl groups excluding tert-OH is 1. The Morgan fingerprint density at radius 1 is 1.00 bits per heavy atom. The van der Waals surface area contributed by atoms with Crippen LogP contribution in [0.15, 0.2) is 24.3 Å². The highest BCUT2D eigenvalue weighted by Gasteiger charge is 2.06. The van der Waals surface area contributed by atoms with E-state index in [1.165, 1.54) is 0 Å². The lowest BCUT2D eigenvalue weighted by Gasteiger charge is -2.21. The molecule has 0 saturated carbocycles. The highest BCUT2D eigenvalue weighted by Crippen LogP contribution is 2.26. The van der Waals surface area contributed by atoms with E-state index in [1.54, 1.807) is 0 Å². The maximum atomic E-state index is 9.06. The summed E-state index contributed by atoms with van der Waals surface area (Å²) in [7, 11) is 0. The minimum Gasteiger partial charge on any atom is -0.490 e. The average Bonchev–Trinajstić information content (AvgIpc) is 2.47. The van der Waals surface area contributed by atoms with Crippen LogP contribution in [-0.4, -0.2) is 49.5 Å². The fourth-order valence-corrected chi connectivity index (χ4v) is 1.99. The molecule has 0 aliphatic heterocycles. The minimum atomic E-state index is 0.194. The van der Waals surface area contributed by atoms with E-state index in [4.69, 9.17) is 14.6 Å². The van der Waals surface area contributed by atoms with Crippen LogP contribution >= 0.6 is 0 Å². The monoisotopic (exact) mass is 281 g/mol. The zero-order chi connectivity index (χ0) is 14.6. The van der Waals surface area contributed by atoms with Crippen molar-refractivity contribution in [3.05, 3.63) is 24.3 Å². The summed E-state index contributed by atoms with van der Waals surface area (Å²) in [6.07, 6.45) is 2.31. The predicted octanol–water partition coefficient (Wildman–Crippen LogP) is 2.56. The molecule has 0 fully saturated rings. The fraction of sp³-hybridized carbons (Fsp3) is 0.625. The van der Waals surface area contributed by atoms with Gasteiger partial charge in [-0.25, -0.2) is 0 Å². The largest absolute Gasteiger partial charge is 0.490 e. The van der Waals surface area contributed by atoms with Crippen molar-refractivity contribution in [3.63, 3.8) is 0 Å². The summed E-state index contributed by atoms with van der Waals surface area (Å²) < 4.78 is 11.3. The predicted molar refractivity (Wildman–Crippen MR) is 81.5 cm³/mol. The third-order valence-corrected chi connectivity index (χ3v) is 3.06. The quantitative estimate of drug-likeness (QED) is 0.677. The summed E-state index contributed by atoms with van der Waals surface area (Å²) in [6, 6.07) is 7.73. The lowest BCUT2D eigenvalue weighted by molar-refractivity contribution is 0.164. The standard InChI is InChI=1S/C16H27NO3/c1-3-5-10-17(11-13-18)12-14-20-16-9-7-6-8-15(16)19-4-2/h6-9,18H,3-5,10-14H2,1-2H3. The third kappa shape index (κ3) is 6.26. The summed E-state index contributed by atoms with van der Waals surface area (Å²) >= 11 is 0. The Bertz CT molecular complexity index is 357. The van der Waals surface area contributed by atoms with Gasteiger partial charge in [0, 0.05) is 13.1 Å². The van der Waals surface area contributed by atoms with Gasteiger partial charge in [0.05, 0.1) is 13.2 Å². The summed E-state index contributed by atoms with van der Waals surface area (Å²) in [4.78, 5) is 2.23. The molecule has 0 heterocycles. The van der Waals surface area contributed by atoms with Gasteiger partial charge in [-0.2, -0.15) is 0 Å². The molecule has 1 rings (SSSR count). The first-order valence-electron chi connectivity index (χ1n) is 7.49. The van der Waals surface area contributed by atoms with Crippen LogP contribution in [0.1, 0.15) is 26.7 Å². The van der Waals surface area contributed by atoms with E-state index < -0.39 is 0 Å². The van der Waals surface area contributed by atoms with Crippen LogP contribution in [-0.2, 0) is 0 Å². The van der Waals surface area contributed by atoms with E-state index in [0.29, 0.717) is 19.8 Å². The van der Waals surface area contributed by atoms with Gasteiger partial charge in [-0.1, -0.05) is 25.5 Å². The Morgan fingerprint density at radius 3 is 2.30 bits per heavy atom. The van der Waals surface area contributed by atoms with Crippen molar-refractivity contribution in [2.75, 3.05) is 39.5 Å². The van der Waals surface area contributed by atoms with Crippen LogP contribution in [0.3, 0.4) is 0 Å². The molecule has 0 spiro atoms. The molecule has 0 aromatic heterocycles. The molecule has 1 aromatic rings. The van der Waals surface area contributed by atoms with Gasteiger partial charge in [-0.3, -0.25) is 4.90 Å². The van der Waals surface area contributed by atoms with E-state index in [0.717, 1.165) is 37.4 Å². The van der Waals surface area contributed by atoms with Crippen molar-refractivity contribution in [1.82, 2.24) is 4.90 Å². The van der Waals surface area contributed by atoms with Gasteiger partial charge >= 0.3 is 0 Å². The molecule has 114 valence electrons. The molecule has 0 unspecified atom stereocenters. The van der Waals surface area contributed by atoms with Gasteiger partial charge in [0.2, 0.25) is 0 Å². The molecule has 4 heteroatoms. The van der Waals surface area contributed by atoms with Crippen molar-refractivity contribution >= 4 is 0 Å². The number of aliphatic hydroxyl groups is 1. The maximum absolute atomic E-state index is 9.06. The molecular formula is C16H27NO3. The van der Waals surface area contributed by atoms with Gasteiger partial charge in [0.1, 0.15) is 6.61 Å². The second kappa shape index (κ2) is 10.5. The zero-order valence-electron chi connectivity index (χ0n) is 12.7. The normalized spacial score (nSPS) is 10.8. The van der Waals surface area contributed by atoms with Crippen molar-refractivity contribution < 1.29 is 14.6 Å². The van der Waals surface area contributed by atoms with Crippen molar-refractivity contribution in [1.29, 1.82) is 0 Å². The second-order valence-corrected chi connectivity index (χ2v) is 4.65. The second-order valence-electron chi connectivity index (χ2n) is 4.65. The summed E-state index contributed by atoms with van der Waals surface area (Å²) in [6.45, 7) is 8.10. The highest BCUT2D eigenvalue weighted by atomic mass is 16.5. The molecule has 0 amide bonds. The van der Waals surface area contributed by atoms with Crippen LogP contribution in [0.2, 0.25) is 0 Å². The fourth-order valence-electron chi connectivity index (χ4n) is 1.99. The molecule has 1 aromatic carbocycles. The number of unbranched alkanes of at least 4 members (excludes halogenated alkanes) is 1. The Morgan fingerprint density at radius 2 is 1.70 bits per heavy atom. The van der Waals surface area contributed by atoms with E-state index in [9.17, 15) is 0 Å². The number of nitrogens with zero attached hydrogens (tertiary/aromatic N) is 1. The lowest BCUT2D eigenvalue weighted by atomic mass is 10.3. The van der Waals surface area contributed by atoms with Crippen molar-refractivity contribution in [2.24, 2.45) is 0 Å². The molecule has 0 aliphatic rings. The Labute approximate surface area is 122 Å². The molecule has 0 aliphatic carbocycles. The van der Waals surface area contributed by atoms with Gasteiger partial charge < -0.3 is 14.6 Å². The Kier molecular flexibility index (Phi) is 8.83. The van der Waals surface area contributed by atoms with E-state index in [-0.39, 0.29) is 6.61 Å². The Hall–Kier alpha value is -1.26. The molecule has 4 nitrogen and oxygen atoms in total. The topological polar surface area (TPSA) is 41.9 Å². The summed E-state index contributed by atoms with van der Waals surface area (Å²) in [5, 5.41) is 9.06. The lowest BCUT2D eigenvalue weighted by Crippen LogP contribution is -2.32. The number of rotatable bonds is 11. The van der Waals surface area contributed by atoms with E-state index in [2.05, 4.69) is 11.8 Å². The molecule has 0 atom stereocenters.